The van der Waals surface area contributed by atoms with E-state index in [1.54, 1.807) is 6.07 Å². The molecule has 0 aliphatic rings. The number of benzene rings is 2. The van der Waals surface area contributed by atoms with Crippen LogP contribution >= 0.6 is 0 Å². The number of hydrogen-bond acceptors (Lipinski definition) is 2. The van der Waals surface area contributed by atoms with Gasteiger partial charge in [-0.3, -0.25) is 0 Å². The molecule has 0 aliphatic heterocycles. The standard InChI is InChI=1S/C16H19NO.Rf/c1-16(2,3)11-8-9-14(17)13(10-11)12-6-4-5-7-15(12)18;/h4-10,18H,17H2,1-3H3;. The summed E-state index contributed by atoms with van der Waals surface area (Å²) >= 11 is 0. The molecule has 0 spiro atoms. The van der Waals surface area contributed by atoms with Gasteiger partial charge < -0.3 is 10.8 Å². The zero-order valence-electron chi connectivity index (χ0n) is 11.8. The molecular weight excluding hydrogens is 489 g/mol. The Bertz CT molecular complexity index is 573. The molecule has 0 bridgehead atoms. The fourth-order valence-corrected chi connectivity index (χ4v) is 1.96. The number of rotatable bonds is 1. The van der Waals surface area contributed by atoms with Gasteiger partial charge in [-0.05, 0) is 29.2 Å². The normalized spacial score (nSPS) is 10.9. The minimum Gasteiger partial charge on any atom is -0.507 e. The molecule has 0 unspecified atom stereocenters. The Morgan fingerprint density at radius 3 is 2.16 bits per heavy atom. The fourth-order valence-electron chi connectivity index (χ4n) is 1.96. The predicted octanol–water partition coefficient (Wildman–Crippen LogP) is 3.94. The van der Waals surface area contributed by atoms with Gasteiger partial charge in [0.25, 0.3) is 0 Å². The van der Waals surface area contributed by atoms with Crippen LogP contribution in [0.4, 0.5) is 5.69 Å². The molecular formula is C16H19NORf. The van der Waals surface area contributed by atoms with Gasteiger partial charge in [-0.2, -0.15) is 0 Å². The van der Waals surface area contributed by atoms with Crippen molar-refractivity contribution in [3.63, 3.8) is 0 Å². The third-order valence-corrected chi connectivity index (χ3v) is 3.11. The van der Waals surface area contributed by atoms with E-state index >= 15 is 0 Å². The number of phenols is 1. The molecule has 2 aromatic carbocycles. The van der Waals surface area contributed by atoms with Gasteiger partial charge in [0.05, 0.1) is 0 Å². The first-order valence-corrected chi connectivity index (χ1v) is 6.08. The molecule has 0 fully saturated rings. The average Bonchev–Trinajstić information content (AvgIpc) is 2.29. The van der Waals surface area contributed by atoms with Crippen LogP contribution in [-0.2, 0) is 5.41 Å². The quantitative estimate of drug-likeness (QED) is 0.574. The summed E-state index contributed by atoms with van der Waals surface area (Å²) in [5.41, 5.74) is 9.64. The summed E-state index contributed by atoms with van der Waals surface area (Å²) in [5, 5.41) is 9.93. The van der Waals surface area contributed by atoms with E-state index in [1.165, 1.54) is 5.56 Å². The number of aromatic hydroxyl groups is 1. The first-order valence-electron chi connectivity index (χ1n) is 6.08. The van der Waals surface area contributed by atoms with E-state index in [-0.39, 0.29) is 11.2 Å². The van der Waals surface area contributed by atoms with Crippen molar-refractivity contribution in [1.29, 1.82) is 0 Å². The maximum Gasteiger partial charge on any atom is 0.123 e. The summed E-state index contributed by atoms with van der Waals surface area (Å²) in [4.78, 5) is 0. The molecule has 0 saturated carbocycles. The van der Waals surface area contributed by atoms with Crippen LogP contribution in [0.1, 0.15) is 26.3 Å². The topological polar surface area (TPSA) is 46.2 Å². The second-order valence-corrected chi connectivity index (χ2v) is 5.57. The summed E-state index contributed by atoms with van der Waals surface area (Å²) < 4.78 is 0. The van der Waals surface area contributed by atoms with Crippen molar-refractivity contribution in [2.45, 2.75) is 26.2 Å². The van der Waals surface area contributed by atoms with E-state index in [1.807, 2.05) is 30.3 Å². The molecule has 0 radical (unpaired) electrons. The van der Waals surface area contributed by atoms with E-state index in [4.69, 9.17) is 5.73 Å². The van der Waals surface area contributed by atoms with Gasteiger partial charge in [-0.1, -0.05) is 45.0 Å². The number of para-hydroxylation sites is 1. The van der Waals surface area contributed by atoms with Gasteiger partial charge in [-0.25, -0.2) is 0 Å². The molecule has 19 heavy (non-hydrogen) atoms. The minimum atomic E-state index is 0. The molecule has 96 valence electrons. The van der Waals surface area contributed by atoms with Gasteiger partial charge in [0.1, 0.15) is 5.75 Å². The minimum absolute atomic E-state index is 0. The molecule has 0 amide bonds. The van der Waals surface area contributed by atoms with Crippen LogP contribution in [0, 0.1) is 0 Å². The summed E-state index contributed by atoms with van der Waals surface area (Å²) in [6, 6.07) is 13.3. The first kappa shape index (κ1) is 14.1. The van der Waals surface area contributed by atoms with Gasteiger partial charge in [-0.15, -0.1) is 0 Å². The van der Waals surface area contributed by atoms with Gasteiger partial charge >= 0.3 is 0 Å². The monoisotopic (exact) mass is 508 g/mol. The molecule has 2 aromatic rings. The largest absolute Gasteiger partial charge is 0.507 e. The smallest absolute Gasteiger partial charge is 0.123 e. The average molecular weight is 508 g/mol. The molecule has 3 N–H and O–H groups in total. The van der Waals surface area contributed by atoms with Crippen molar-refractivity contribution in [3.8, 4) is 16.9 Å². The number of nitrogens with two attached hydrogens (primary N) is 1. The Morgan fingerprint density at radius 2 is 1.58 bits per heavy atom. The zero-order chi connectivity index (χ0) is 13.3. The maximum atomic E-state index is 9.93. The number of nitrogen functional groups attached to an aromatic ring is 1. The second-order valence-electron chi connectivity index (χ2n) is 5.57. The van der Waals surface area contributed by atoms with Crippen molar-refractivity contribution in [2.75, 3.05) is 5.73 Å². The van der Waals surface area contributed by atoms with E-state index in [0.717, 1.165) is 11.1 Å². The fraction of sp³-hybridized carbons (Fsp3) is 0.250. The summed E-state index contributed by atoms with van der Waals surface area (Å²) in [6.45, 7) is 6.48. The molecule has 0 aliphatic carbocycles. The molecule has 0 aromatic heterocycles. The van der Waals surface area contributed by atoms with E-state index in [0.29, 0.717) is 5.69 Å². The predicted molar refractivity (Wildman–Crippen MR) is 76.7 cm³/mol. The van der Waals surface area contributed by atoms with Crippen LogP contribution in [-0.4, -0.2) is 5.11 Å². The van der Waals surface area contributed by atoms with Crippen LogP contribution < -0.4 is 5.73 Å². The number of anilines is 1. The summed E-state index contributed by atoms with van der Waals surface area (Å²) in [5.74, 6) is 0.259. The number of phenolic OH excluding ortho intramolecular Hbond substituents is 1. The Hall–Kier alpha value is -2.96. The summed E-state index contributed by atoms with van der Waals surface area (Å²) in [7, 11) is 0. The molecule has 2 nitrogen and oxygen atoms in total. The van der Waals surface area contributed by atoms with Crippen LogP contribution in [0.25, 0.3) is 11.1 Å². The van der Waals surface area contributed by atoms with Gasteiger partial charge in [0.15, 0.2) is 0 Å². The number of hydrogen-bond donors (Lipinski definition) is 2. The molecule has 0 heterocycles. The van der Waals surface area contributed by atoms with Crippen molar-refractivity contribution in [1.82, 2.24) is 0 Å². The molecule has 0 atom stereocenters. The zero-order valence-corrected chi connectivity index (χ0v) is 18.2. The van der Waals surface area contributed by atoms with E-state index in [9.17, 15) is 5.11 Å². The molecule has 2 rings (SSSR count). The van der Waals surface area contributed by atoms with E-state index < -0.39 is 0 Å². The van der Waals surface area contributed by atoms with Gasteiger partial charge in [0.2, 0.25) is 0 Å². The first-order chi connectivity index (χ1) is 8.39. The van der Waals surface area contributed by atoms with Crippen molar-refractivity contribution in [3.05, 3.63) is 48.0 Å². The Morgan fingerprint density at radius 1 is 0.947 bits per heavy atom. The van der Waals surface area contributed by atoms with Gasteiger partial charge in [0, 0.05) is 16.8 Å². The van der Waals surface area contributed by atoms with Crippen LogP contribution in [0.2, 0.25) is 0 Å². The SMILES string of the molecule is CC(C)(C)c1ccc(N)c(-c2ccccc2O)c1.[Rf]. The molecule has 3 heteroatoms. The van der Waals surface area contributed by atoms with Crippen molar-refractivity contribution >= 4 is 5.69 Å². The Balaban J connectivity index is 0.00000180. The Kier molecular flexibility index (Phi) is 3.51. The van der Waals surface area contributed by atoms with E-state index in [2.05, 4.69) is 26.8 Å². The maximum absolute atomic E-state index is 9.93. The summed E-state index contributed by atoms with van der Waals surface area (Å²) in [6.07, 6.45) is 0. The van der Waals surface area contributed by atoms with Crippen molar-refractivity contribution < 1.29 is 5.11 Å². The van der Waals surface area contributed by atoms with Crippen molar-refractivity contribution in [2.24, 2.45) is 0 Å². The Labute approximate surface area is 108 Å². The van der Waals surface area contributed by atoms with Crippen LogP contribution in [0.5, 0.6) is 5.75 Å². The van der Waals surface area contributed by atoms with Crippen LogP contribution in [0.15, 0.2) is 42.5 Å². The second kappa shape index (κ2) is 4.73. The molecule has 0 saturated heterocycles. The van der Waals surface area contributed by atoms with Crippen LogP contribution in [0.3, 0.4) is 0 Å². The third-order valence-electron chi connectivity index (χ3n) is 3.11. The third kappa shape index (κ3) is 2.65.